The van der Waals surface area contributed by atoms with Gasteiger partial charge in [-0.2, -0.15) is 0 Å². The molecule has 0 aliphatic rings. The Morgan fingerprint density at radius 2 is 2.13 bits per heavy atom. The van der Waals surface area contributed by atoms with Crippen molar-refractivity contribution in [2.45, 2.75) is 12.5 Å². The fourth-order valence-corrected chi connectivity index (χ4v) is 1.51. The van der Waals surface area contributed by atoms with Gasteiger partial charge in [0.25, 0.3) is 0 Å². The molecule has 0 saturated heterocycles. The molecule has 2 N–H and O–H groups in total. The lowest BCUT2D eigenvalue weighted by molar-refractivity contribution is 0.349. The van der Waals surface area contributed by atoms with Crippen LogP contribution in [0.2, 0.25) is 0 Å². The Morgan fingerprint density at radius 1 is 1.40 bits per heavy atom. The number of rotatable bonds is 5. The Kier molecular flexibility index (Phi) is 4.18. The van der Waals surface area contributed by atoms with Gasteiger partial charge in [-0.25, -0.2) is 0 Å². The van der Waals surface area contributed by atoms with Crippen molar-refractivity contribution in [3.8, 4) is 11.5 Å². The summed E-state index contributed by atoms with van der Waals surface area (Å²) in [5, 5.41) is 0. The summed E-state index contributed by atoms with van der Waals surface area (Å²) >= 11 is 0. The minimum absolute atomic E-state index is 0.104. The zero-order valence-corrected chi connectivity index (χ0v) is 9.19. The predicted molar refractivity (Wildman–Crippen MR) is 61.3 cm³/mol. The Hall–Kier alpha value is -1.48. The summed E-state index contributed by atoms with van der Waals surface area (Å²) in [6, 6.07) is 5.59. The maximum Gasteiger partial charge on any atom is 0.165 e. The molecule has 1 aromatic rings. The van der Waals surface area contributed by atoms with Crippen LogP contribution < -0.4 is 15.2 Å². The molecule has 0 heterocycles. The van der Waals surface area contributed by atoms with Crippen LogP contribution in [0, 0.1) is 0 Å². The maximum absolute atomic E-state index is 6.00. The number of ether oxygens (including phenoxy) is 2. The first-order valence-corrected chi connectivity index (χ1v) is 4.82. The van der Waals surface area contributed by atoms with Crippen molar-refractivity contribution < 1.29 is 9.47 Å². The number of hydrogen-bond acceptors (Lipinski definition) is 3. The molecule has 0 bridgehead atoms. The van der Waals surface area contributed by atoms with Crippen LogP contribution in [0.5, 0.6) is 11.5 Å². The molecule has 0 fully saturated rings. The van der Waals surface area contributed by atoms with Crippen LogP contribution in [-0.4, -0.2) is 14.2 Å². The number of methoxy groups -OCH3 is 2. The molecule has 3 nitrogen and oxygen atoms in total. The lowest BCUT2D eigenvalue weighted by Gasteiger charge is -2.16. The van der Waals surface area contributed by atoms with Gasteiger partial charge in [0.15, 0.2) is 11.5 Å². The van der Waals surface area contributed by atoms with Gasteiger partial charge in [-0.1, -0.05) is 18.2 Å². The van der Waals surface area contributed by atoms with Gasteiger partial charge in [-0.3, -0.25) is 0 Å². The standard InChI is InChI=1S/C12H17NO2/c1-4-6-10(13)9-7-5-8-11(14-2)12(9)15-3/h4-5,7-8,10H,1,6,13H2,2-3H3/t10-/m0/s1. The van der Waals surface area contributed by atoms with E-state index < -0.39 is 0 Å². The molecule has 0 saturated carbocycles. The zero-order chi connectivity index (χ0) is 11.3. The van der Waals surface area contributed by atoms with E-state index in [-0.39, 0.29) is 6.04 Å². The second-order valence-electron chi connectivity index (χ2n) is 3.21. The SMILES string of the molecule is C=CC[C@H](N)c1cccc(OC)c1OC. The van der Waals surface area contributed by atoms with Crippen molar-refractivity contribution >= 4 is 0 Å². The average molecular weight is 207 g/mol. The molecular formula is C12H17NO2. The van der Waals surface area contributed by atoms with Crippen molar-refractivity contribution in [3.05, 3.63) is 36.4 Å². The van der Waals surface area contributed by atoms with Crippen LogP contribution in [0.15, 0.2) is 30.9 Å². The Morgan fingerprint density at radius 3 is 2.67 bits per heavy atom. The first-order valence-electron chi connectivity index (χ1n) is 4.82. The van der Waals surface area contributed by atoms with Crippen LogP contribution in [0.4, 0.5) is 0 Å². The smallest absolute Gasteiger partial charge is 0.165 e. The van der Waals surface area contributed by atoms with Gasteiger partial charge in [0, 0.05) is 11.6 Å². The Bertz CT molecular complexity index is 336. The number of nitrogens with two attached hydrogens (primary N) is 1. The van der Waals surface area contributed by atoms with Gasteiger partial charge in [-0.15, -0.1) is 6.58 Å². The maximum atomic E-state index is 6.00. The largest absolute Gasteiger partial charge is 0.493 e. The molecule has 0 unspecified atom stereocenters. The van der Waals surface area contributed by atoms with Crippen LogP contribution in [0.3, 0.4) is 0 Å². The normalized spacial score (nSPS) is 11.9. The summed E-state index contributed by atoms with van der Waals surface area (Å²) in [6.07, 6.45) is 2.51. The second kappa shape index (κ2) is 5.41. The predicted octanol–water partition coefficient (Wildman–Crippen LogP) is 2.28. The molecule has 0 aromatic heterocycles. The monoisotopic (exact) mass is 207 g/mol. The van der Waals surface area contributed by atoms with E-state index in [1.807, 2.05) is 18.2 Å². The van der Waals surface area contributed by atoms with Gasteiger partial charge >= 0.3 is 0 Å². The van der Waals surface area contributed by atoms with E-state index in [1.54, 1.807) is 20.3 Å². The van der Waals surface area contributed by atoms with Gasteiger partial charge in [0.2, 0.25) is 0 Å². The summed E-state index contributed by atoms with van der Waals surface area (Å²) < 4.78 is 10.5. The van der Waals surface area contributed by atoms with Crippen molar-refractivity contribution in [2.24, 2.45) is 5.73 Å². The number of para-hydroxylation sites is 1. The van der Waals surface area contributed by atoms with Gasteiger partial charge < -0.3 is 15.2 Å². The summed E-state index contributed by atoms with van der Waals surface area (Å²) in [4.78, 5) is 0. The highest BCUT2D eigenvalue weighted by Crippen LogP contribution is 2.34. The van der Waals surface area contributed by atoms with Crippen LogP contribution in [-0.2, 0) is 0 Å². The van der Waals surface area contributed by atoms with E-state index in [2.05, 4.69) is 6.58 Å². The molecule has 15 heavy (non-hydrogen) atoms. The molecule has 0 radical (unpaired) electrons. The van der Waals surface area contributed by atoms with Crippen molar-refractivity contribution in [1.29, 1.82) is 0 Å². The molecule has 0 aliphatic carbocycles. The lowest BCUT2D eigenvalue weighted by atomic mass is 10.0. The van der Waals surface area contributed by atoms with Crippen molar-refractivity contribution in [1.82, 2.24) is 0 Å². The third kappa shape index (κ3) is 2.50. The molecule has 0 aliphatic heterocycles. The number of benzene rings is 1. The van der Waals surface area contributed by atoms with Crippen molar-refractivity contribution in [2.75, 3.05) is 14.2 Å². The highest BCUT2D eigenvalue weighted by Gasteiger charge is 2.14. The van der Waals surface area contributed by atoms with Crippen LogP contribution in [0.25, 0.3) is 0 Å². The minimum Gasteiger partial charge on any atom is -0.493 e. The first kappa shape index (κ1) is 11.6. The highest BCUT2D eigenvalue weighted by molar-refractivity contribution is 5.48. The first-order chi connectivity index (χ1) is 7.24. The topological polar surface area (TPSA) is 44.5 Å². The summed E-state index contributed by atoms with van der Waals surface area (Å²) in [5.41, 5.74) is 6.94. The second-order valence-corrected chi connectivity index (χ2v) is 3.21. The number of hydrogen-bond donors (Lipinski definition) is 1. The van der Waals surface area contributed by atoms with E-state index in [0.29, 0.717) is 17.9 Å². The van der Waals surface area contributed by atoms with E-state index in [1.165, 1.54) is 0 Å². The van der Waals surface area contributed by atoms with E-state index >= 15 is 0 Å². The average Bonchev–Trinajstić information content (AvgIpc) is 2.28. The quantitative estimate of drug-likeness (QED) is 0.753. The zero-order valence-electron chi connectivity index (χ0n) is 9.19. The highest BCUT2D eigenvalue weighted by atomic mass is 16.5. The Balaban J connectivity index is 3.10. The minimum atomic E-state index is -0.104. The molecule has 1 aromatic carbocycles. The van der Waals surface area contributed by atoms with Gasteiger partial charge in [0.1, 0.15) is 0 Å². The third-order valence-corrected chi connectivity index (χ3v) is 2.25. The summed E-state index contributed by atoms with van der Waals surface area (Å²) in [7, 11) is 3.22. The molecule has 1 atom stereocenters. The molecule has 3 heteroatoms. The van der Waals surface area contributed by atoms with Gasteiger partial charge in [0.05, 0.1) is 14.2 Å². The third-order valence-electron chi connectivity index (χ3n) is 2.25. The van der Waals surface area contributed by atoms with Crippen molar-refractivity contribution in [3.63, 3.8) is 0 Å². The molecule has 0 amide bonds. The molecule has 0 spiro atoms. The Labute approximate surface area is 90.5 Å². The van der Waals surface area contributed by atoms with Crippen LogP contribution in [0.1, 0.15) is 18.0 Å². The fourth-order valence-electron chi connectivity index (χ4n) is 1.51. The van der Waals surface area contributed by atoms with E-state index in [9.17, 15) is 0 Å². The summed E-state index contributed by atoms with van der Waals surface area (Å²) in [5.74, 6) is 1.41. The van der Waals surface area contributed by atoms with Gasteiger partial charge in [-0.05, 0) is 12.5 Å². The molecule has 82 valence electrons. The molecular weight excluding hydrogens is 190 g/mol. The van der Waals surface area contributed by atoms with E-state index in [0.717, 1.165) is 5.56 Å². The molecule has 1 rings (SSSR count). The summed E-state index contributed by atoms with van der Waals surface area (Å²) in [6.45, 7) is 3.67. The fraction of sp³-hybridized carbons (Fsp3) is 0.333. The van der Waals surface area contributed by atoms with Crippen LogP contribution >= 0.6 is 0 Å². The lowest BCUT2D eigenvalue weighted by Crippen LogP contribution is -2.11. The van der Waals surface area contributed by atoms with E-state index in [4.69, 9.17) is 15.2 Å².